The van der Waals surface area contributed by atoms with Crippen LogP contribution >= 0.6 is 11.3 Å². The fourth-order valence-electron chi connectivity index (χ4n) is 3.65. The highest BCUT2D eigenvalue weighted by Gasteiger charge is 2.29. The van der Waals surface area contributed by atoms with Crippen molar-refractivity contribution in [2.45, 2.75) is 45.1 Å². The number of hydrogen-bond donors (Lipinski definition) is 0. The quantitative estimate of drug-likeness (QED) is 0.853. The van der Waals surface area contributed by atoms with Crippen LogP contribution in [0.25, 0.3) is 0 Å². The summed E-state index contributed by atoms with van der Waals surface area (Å²) in [7, 11) is 0. The Balaban J connectivity index is 1.51. The van der Waals surface area contributed by atoms with E-state index >= 15 is 0 Å². The van der Waals surface area contributed by atoms with Gasteiger partial charge in [-0.1, -0.05) is 25.3 Å². The van der Waals surface area contributed by atoms with Gasteiger partial charge in [0.05, 0.1) is 0 Å². The van der Waals surface area contributed by atoms with Crippen LogP contribution in [0.2, 0.25) is 0 Å². The maximum absolute atomic E-state index is 12.6. The van der Waals surface area contributed by atoms with E-state index in [2.05, 4.69) is 34.2 Å². The maximum atomic E-state index is 12.6. The van der Waals surface area contributed by atoms with Gasteiger partial charge in [-0.15, -0.1) is 11.3 Å². The van der Waals surface area contributed by atoms with Crippen LogP contribution in [0.3, 0.4) is 0 Å². The second-order valence-electron chi connectivity index (χ2n) is 6.39. The minimum absolute atomic E-state index is 0.319. The van der Waals surface area contributed by atoms with Crippen LogP contribution in [0.15, 0.2) is 17.5 Å². The van der Waals surface area contributed by atoms with Crippen molar-refractivity contribution >= 4 is 17.2 Å². The molecule has 1 aliphatic carbocycles. The van der Waals surface area contributed by atoms with Gasteiger partial charge in [-0.05, 0) is 31.2 Å². The van der Waals surface area contributed by atoms with Crippen LogP contribution in [0, 0.1) is 5.92 Å². The van der Waals surface area contributed by atoms with E-state index in [4.69, 9.17) is 0 Å². The van der Waals surface area contributed by atoms with Crippen LogP contribution in [0.1, 0.15) is 49.9 Å². The summed E-state index contributed by atoms with van der Waals surface area (Å²) >= 11 is 1.83. The van der Waals surface area contributed by atoms with Crippen LogP contribution in [0.4, 0.5) is 0 Å². The van der Waals surface area contributed by atoms with Crippen molar-refractivity contribution in [3.05, 3.63) is 22.4 Å². The highest BCUT2D eigenvalue weighted by molar-refractivity contribution is 7.10. The molecule has 3 rings (SSSR count). The summed E-state index contributed by atoms with van der Waals surface area (Å²) in [6, 6.07) is 4.82. The van der Waals surface area contributed by atoms with E-state index in [-0.39, 0.29) is 0 Å². The van der Waals surface area contributed by atoms with Crippen molar-refractivity contribution in [1.82, 2.24) is 9.80 Å². The molecule has 1 aromatic rings. The number of carbonyl (C=O) groups is 1. The van der Waals surface area contributed by atoms with E-state index in [1.807, 2.05) is 11.3 Å². The Bertz CT molecular complexity index is 445. The molecule has 2 aliphatic rings. The van der Waals surface area contributed by atoms with Crippen molar-refractivity contribution in [2.24, 2.45) is 5.92 Å². The molecule has 0 bridgehead atoms. The molecule has 21 heavy (non-hydrogen) atoms. The Morgan fingerprint density at radius 1 is 1.19 bits per heavy atom. The van der Waals surface area contributed by atoms with E-state index < -0.39 is 0 Å². The van der Waals surface area contributed by atoms with Gasteiger partial charge in [0.25, 0.3) is 0 Å². The molecule has 3 nitrogen and oxygen atoms in total. The first-order chi connectivity index (χ1) is 10.3. The first-order valence-corrected chi connectivity index (χ1v) is 9.20. The van der Waals surface area contributed by atoms with Gasteiger partial charge in [-0.2, -0.15) is 0 Å². The third kappa shape index (κ3) is 3.49. The zero-order chi connectivity index (χ0) is 14.7. The molecule has 1 aliphatic heterocycles. The van der Waals surface area contributed by atoms with Gasteiger partial charge >= 0.3 is 0 Å². The zero-order valence-corrected chi connectivity index (χ0v) is 13.8. The number of thiophene rings is 1. The maximum Gasteiger partial charge on any atom is 0.225 e. The molecule has 1 aromatic heterocycles. The number of nitrogens with zero attached hydrogens (tertiary/aromatic N) is 2. The molecular formula is C17H26N2OS. The SMILES string of the molecule is CC(c1cccs1)N1CCN(C(=O)C2CCCCC2)CC1. The van der Waals surface area contributed by atoms with E-state index in [0.29, 0.717) is 17.9 Å². The normalized spacial score (nSPS) is 23.2. The molecule has 116 valence electrons. The molecule has 1 unspecified atom stereocenters. The average Bonchev–Trinajstić information content (AvgIpc) is 3.09. The van der Waals surface area contributed by atoms with Crippen molar-refractivity contribution in [3.8, 4) is 0 Å². The number of carbonyl (C=O) groups excluding carboxylic acids is 1. The smallest absolute Gasteiger partial charge is 0.225 e. The lowest BCUT2D eigenvalue weighted by Crippen LogP contribution is -2.50. The van der Waals surface area contributed by atoms with E-state index in [1.165, 1.54) is 24.1 Å². The molecule has 0 aromatic carbocycles. The van der Waals surface area contributed by atoms with Crippen molar-refractivity contribution in [2.75, 3.05) is 26.2 Å². The molecule has 0 N–H and O–H groups in total. The van der Waals surface area contributed by atoms with Gasteiger partial charge in [0, 0.05) is 43.0 Å². The Kier molecular flexibility index (Phi) is 4.96. The van der Waals surface area contributed by atoms with Crippen molar-refractivity contribution in [1.29, 1.82) is 0 Å². The van der Waals surface area contributed by atoms with Crippen molar-refractivity contribution in [3.63, 3.8) is 0 Å². The highest BCUT2D eigenvalue weighted by Crippen LogP contribution is 2.28. The predicted molar refractivity (Wildman–Crippen MR) is 87.5 cm³/mol. The lowest BCUT2D eigenvalue weighted by Gasteiger charge is -2.39. The van der Waals surface area contributed by atoms with Gasteiger partial charge in [0.1, 0.15) is 0 Å². The number of rotatable bonds is 3. The summed E-state index contributed by atoms with van der Waals surface area (Å²) in [5.41, 5.74) is 0. The van der Waals surface area contributed by atoms with Crippen LogP contribution in [-0.2, 0) is 4.79 Å². The lowest BCUT2D eigenvalue weighted by molar-refractivity contribution is -0.138. The number of amides is 1. The monoisotopic (exact) mass is 306 g/mol. The fraction of sp³-hybridized carbons (Fsp3) is 0.706. The molecule has 4 heteroatoms. The number of piperazine rings is 1. The highest BCUT2D eigenvalue weighted by atomic mass is 32.1. The van der Waals surface area contributed by atoms with Gasteiger partial charge in [-0.25, -0.2) is 0 Å². The summed E-state index contributed by atoms with van der Waals surface area (Å²) in [5, 5.41) is 2.15. The molecule has 2 fully saturated rings. The van der Waals surface area contributed by atoms with Gasteiger partial charge < -0.3 is 4.90 Å². The predicted octanol–water partition coefficient (Wildman–Crippen LogP) is 3.53. The summed E-state index contributed by atoms with van der Waals surface area (Å²) in [5.74, 6) is 0.748. The Hall–Kier alpha value is -0.870. The molecule has 0 radical (unpaired) electrons. The van der Waals surface area contributed by atoms with E-state index in [1.54, 1.807) is 0 Å². The van der Waals surface area contributed by atoms with Gasteiger partial charge in [0.15, 0.2) is 0 Å². The molecular weight excluding hydrogens is 280 g/mol. The lowest BCUT2D eigenvalue weighted by atomic mass is 9.88. The summed E-state index contributed by atoms with van der Waals surface area (Å²) in [6.07, 6.45) is 6.03. The largest absolute Gasteiger partial charge is 0.340 e. The Morgan fingerprint density at radius 2 is 1.90 bits per heavy atom. The molecule has 2 heterocycles. The third-order valence-corrected chi connectivity index (χ3v) is 6.13. The van der Waals surface area contributed by atoms with E-state index in [9.17, 15) is 4.79 Å². The second kappa shape index (κ2) is 6.93. The summed E-state index contributed by atoms with van der Waals surface area (Å²) < 4.78 is 0. The van der Waals surface area contributed by atoms with E-state index in [0.717, 1.165) is 39.0 Å². The Morgan fingerprint density at radius 3 is 2.52 bits per heavy atom. The molecule has 1 saturated carbocycles. The van der Waals surface area contributed by atoms with Gasteiger partial charge in [-0.3, -0.25) is 9.69 Å². The van der Waals surface area contributed by atoms with Crippen LogP contribution in [0.5, 0.6) is 0 Å². The average molecular weight is 306 g/mol. The van der Waals surface area contributed by atoms with Crippen molar-refractivity contribution < 1.29 is 4.79 Å². The molecule has 1 saturated heterocycles. The molecule has 0 spiro atoms. The standard InChI is InChI=1S/C17H26N2OS/c1-14(16-8-5-13-21-16)18-9-11-19(12-10-18)17(20)15-6-3-2-4-7-15/h5,8,13-15H,2-4,6-7,9-12H2,1H3. The molecule has 1 atom stereocenters. The first-order valence-electron chi connectivity index (χ1n) is 8.32. The van der Waals surface area contributed by atoms with Crippen LogP contribution < -0.4 is 0 Å². The fourth-order valence-corrected chi connectivity index (χ4v) is 4.46. The minimum Gasteiger partial charge on any atom is -0.340 e. The van der Waals surface area contributed by atoms with Crippen LogP contribution in [-0.4, -0.2) is 41.9 Å². The Labute approximate surface area is 131 Å². The third-order valence-electron chi connectivity index (χ3n) is 5.08. The topological polar surface area (TPSA) is 23.6 Å². The number of hydrogen-bond acceptors (Lipinski definition) is 3. The minimum atomic E-state index is 0.319. The summed E-state index contributed by atoms with van der Waals surface area (Å²) in [6.45, 7) is 6.12. The second-order valence-corrected chi connectivity index (χ2v) is 7.37. The molecule has 1 amide bonds. The van der Waals surface area contributed by atoms with Gasteiger partial charge in [0.2, 0.25) is 5.91 Å². The first kappa shape index (κ1) is 15.0. The zero-order valence-electron chi connectivity index (χ0n) is 13.0. The summed E-state index contributed by atoms with van der Waals surface area (Å²) in [4.78, 5) is 18.6.